The molecule has 2 aliphatic rings. The normalized spacial score (nSPS) is 19.3. The van der Waals surface area contributed by atoms with Crippen molar-refractivity contribution < 1.29 is 9.59 Å². The Morgan fingerprint density at radius 3 is 2.56 bits per heavy atom. The van der Waals surface area contributed by atoms with Crippen molar-refractivity contribution in [2.24, 2.45) is 0 Å². The number of anilines is 1. The molecule has 0 unspecified atom stereocenters. The molecule has 0 radical (unpaired) electrons. The van der Waals surface area contributed by atoms with Crippen LogP contribution in [0.1, 0.15) is 24.5 Å². The summed E-state index contributed by atoms with van der Waals surface area (Å²) in [5.41, 5.74) is 3.33. The highest BCUT2D eigenvalue weighted by Crippen LogP contribution is 2.24. The van der Waals surface area contributed by atoms with E-state index in [1.807, 2.05) is 18.2 Å². The number of nitrogens with zero attached hydrogens (tertiary/aromatic N) is 2. The molecular weight excluding hydrogens is 316 g/mol. The number of fused-ring (bicyclic) bond motifs is 1. The van der Waals surface area contributed by atoms with Crippen LogP contribution in [0.5, 0.6) is 0 Å². The molecular formula is C19H28N4O2. The van der Waals surface area contributed by atoms with E-state index in [-0.39, 0.29) is 6.04 Å². The number of benzene rings is 1. The summed E-state index contributed by atoms with van der Waals surface area (Å²) >= 11 is 0. The number of carbonyl (C=O) groups excluding carboxylic acids is 2. The van der Waals surface area contributed by atoms with Gasteiger partial charge in [0.25, 0.3) is 0 Å². The quantitative estimate of drug-likeness (QED) is 0.796. The molecule has 0 spiro atoms. The Morgan fingerprint density at radius 2 is 1.80 bits per heavy atom. The van der Waals surface area contributed by atoms with Gasteiger partial charge in [-0.1, -0.05) is 6.07 Å². The third kappa shape index (κ3) is 4.58. The second-order valence-electron chi connectivity index (χ2n) is 7.19. The third-order valence-electron chi connectivity index (χ3n) is 5.28. The number of hydrogen-bond acceptors (Lipinski definition) is 4. The van der Waals surface area contributed by atoms with Gasteiger partial charge in [0.1, 0.15) is 0 Å². The second-order valence-corrected chi connectivity index (χ2v) is 7.19. The highest BCUT2D eigenvalue weighted by atomic mass is 16.2. The van der Waals surface area contributed by atoms with Crippen LogP contribution < -0.4 is 10.6 Å². The largest absolute Gasteiger partial charge is 0.346 e. The minimum atomic E-state index is -0.594. The Bertz CT molecular complexity index is 638. The number of aryl methyl sites for hydroxylation is 2. The average molecular weight is 344 g/mol. The molecule has 25 heavy (non-hydrogen) atoms. The molecule has 1 aromatic rings. The van der Waals surface area contributed by atoms with E-state index in [0.717, 1.165) is 45.4 Å². The monoisotopic (exact) mass is 344 g/mol. The lowest BCUT2D eigenvalue weighted by Gasteiger charge is -2.36. The summed E-state index contributed by atoms with van der Waals surface area (Å²) in [4.78, 5) is 28.8. The maximum atomic E-state index is 12.1. The van der Waals surface area contributed by atoms with Crippen LogP contribution in [0.3, 0.4) is 0 Å². The van der Waals surface area contributed by atoms with Gasteiger partial charge in [0.05, 0.1) is 0 Å². The molecule has 136 valence electrons. The van der Waals surface area contributed by atoms with Gasteiger partial charge < -0.3 is 15.5 Å². The van der Waals surface area contributed by atoms with Crippen molar-refractivity contribution in [3.8, 4) is 0 Å². The molecule has 0 aromatic heterocycles. The van der Waals surface area contributed by atoms with Gasteiger partial charge in [-0.05, 0) is 56.5 Å². The van der Waals surface area contributed by atoms with Crippen LogP contribution >= 0.6 is 0 Å². The molecule has 1 heterocycles. The van der Waals surface area contributed by atoms with Crippen molar-refractivity contribution in [1.82, 2.24) is 15.1 Å². The zero-order chi connectivity index (χ0) is 17.8. The topological polar surface area (TPSA) is 64.7 Å². The third-order valence-corrected chi connectivity index (χ3v) is 5.28. The molecule has 1 saturated heterocycles. The number of piperazine rings is 1. The smallest absolute Gasteiger partial charge is 0.313 e. The Labute approximate surface area is 149 Å². The van der Waals surface area contributed by atoms with E-state index < -0.39 is 11.8 Å². The Hall–Kier alpha value is -1.92. The van der Waals surface area contributed by atoms with Crippen LogP contribution in [0, 0.1) is 0 Å². The van der Waals surface area contributed by atoms with Crippen molar-refractivity contribution >= 4 is 17.5 Å². The molecule has 0 bridgehead atoms. The van der Waals surface area contributed by atoms with Crippen LogP contribution in [-0.2, 0) is 22.4 Å². The Kier molecular flexibility index (Phi) is 5.71. The number of rotatable bonds is 4. The summed E-state index contributed by atoms with van der Waals surface area (Å²) in [6, 6.07) is 6.14. The predicted molar refractivity (Wildman–Crippen MR) is 98.6 cm³/mol. The van der Waals surface area contributed by atoms with E-state index in [4.69, 9.17) is 0 Å². The Balaban J connectivity index is 1.45. The fourth-order valence-electron chi connectivity index (χ4n) is 3.55. The molecule has 2 N–H and O–H groups in total. The van der Waals surface area contributed by atoms with Gasteiger partial charge in [0.15, 0.2) is 0 Å². The van der Waals surface area contributed by atoms with Gasteiger partial charge >= 0.3 is 11.8 Å². The first kappa shape index (κ1) is 17.9. The van der Waals surface area contributed by atoms with Crippen LogP contribution in [0.2, 0.25) is 0 Å². The van der Waals surface area contributed by atoms with Gasteiger partial charge in [0.2, 0.25) is 0 Å². The van der Waals surface area contributed by atoms with Crippen molar-refractivity contribution in [2.75, 3.05) is 45.1 Å². The molecule has 1 fully saturated rings. The minimum Gasteiger partial charge on any atom is -0.346 e. The number of hydrogen-bond donors (Lipinski definition) is 2. The fourth-order valence-corrected chi connectivity index (χ4v) is 3.55. The molecule has 3 rings (SSSR count). The summed E-state index contributed by atoms with van der Waals surface area (Å²) in [7, 11) is 2.12. The summed E-state index contributed by atoms with van der Waals surface area (Å²) in [6.07, 6.45) is 3.32. The predicted octanol–water partition coefficient (Wildman–Crippen LogP) is 0.866. The Morgan fingerprint density at radius 1 is 1.08 bits per heavy atom. The lowest BCUT2D eigenvalue weighted by Crippen LogP contribution is -2.52. The molecule has 1 atom stereocenters. The molecule has 6 nitrogen and oxygen atoms in total. The number of carbonyl (C=O) groups is 2. The van der Waals surface area contributed by atoms with Crippen molar-refractivity contribution in [1.29, 1.82) is 0 Å². The molecule has 1 aliphatic carbocycles. The summed E-state index contributed by atoms with van der Waals surface area (Å²) in [6.45, 7) is 6.64. The zero-order valence-corrected chi connectivity index (χ0v) is 15.2. The number of amides is 2. The maximum Gasteiger partial charge on any atom is 0.313 e. The van der Waals surface area contributed by atoms with E-state index in [1.165, 1.54) is 11.1 Å². The summed E-state index contributed by atoms with van der Waals surface area (Å²) in [5, 5.41) is 5.47. The van der Waals surface area contributed by atoms with Crippen LogP contribution in [0.25, 0.3) is 0 Å². The van der Waals surface area contributed by atoms with Crippen LogP contribution in [-0.4, -0.2) is 67.4 Å². The fraction of sp³-hybridized carbons (Fsp3) is 0.579. The molecule has 0 saturated carbocycles. The van der Waals surface area contributed by atoms with Crippen LogP contribution in [0.4, 0.5) is 5.69 Å². The highest BCUT2D eigenvalue weighted by Gasteiger charge is 2.21. The molecule has 6 heteroatoms. The first-order chi connectivity index (χ1) is 12.0. The maximum absolute atomic E-state index is 12.1. The van der Waals surface area contributed by atoms with E-state index in [1.54, 1.807) is 0 Å². The SMILES string of the molecule is C[C@@H](CNC(=O)C(=O)Nc1ccc2c(c1)CCC2)N1CCN(C)CC1. The lowest BCUT2D eigenvalue weighted by molar-refractivity contribution is -0.136. The average Bonchev–Trinajstić information content (AvgIpc) is 3.07. The van der Waals surface area contributed by atoms with E-state index in [0.29, 0.717) is 12.2 Å². The standard InChI is InChI=1S/C19H28N4O2/c1-14(23-10-8-22(2)9-11-23)13-20-18(24)19(25)21-17-7-6-15-4-3-5-16(15)12-17/h6-7,12,14H,3-5,8-11,13H2,1-2H3,(H,20,24)(H,21,25)/t14-/m0/s1. The van der Waals surface area contributed by atoms with E-state index >= 15 is 0 Å². The molecule has 2 amide bonds. The van der Waals surface area contributed by atoms with Crippen molar-refractivity contribution in [3.63, 3.8) is 0 Å². The van der Waals surface area contributed by atoms with Crippen molar-refractivity contribution in [3.05, 3.63) is 29.3 Å². The highest BCUT2D eigenvalue weighted by molar-refractivity contribution is 6.39. The first-order valence-corrected chi connectivity index (χ1v) is 9.16. The first-order valence-electron chi connectivity index (χ1n) is 9.16. The van der Waals surface area contributed by atoms with Gasteiger partial charge in [-0.15, -0.1) is 0 Å². The minimum absolute atomic E-state index is 0.227. The summed E-state index contributed by atoms with van der Waals surface area (Å²) in [5.74, 6) is -1.16. The van der Waals surface area contributed by atoms with Gasteiger partial charge in [0, 0.05) is 44.5 Å². The summed E-state index contributed by atoms with van der Waals surface area (Å²) < 4.78 is 0. The molecule has 1 aromatic carbocycles. The van der Waals surface area contributed by atoms with Gasteiger partial charge in [-0.25, -0.2) is 0 Å². The van der Waals surface area contributed by atoms with Crippen LogP contribution in [0.15, 0.2) is 18.2 Å². The number of nitrogens with one attached hydrogen (secondary N) is 2. The van der Waals surface area contributed by atoms with E-state index in [9.17, 15) is 9.59 Å². The van der Waals surface area contributed by atoms with Gasteiger partial charge in [-0.2, -0.15) is 0 Å². The lowest BCUT2D eigenvalue weighted by atomic mass is 10.1. The molecule has 1 aliphatic heterocycles. The van der Waals surface area contributed by atoms with Gasteiger partial charge in [-0.3, -0.25) is 14.5 Å². The van der Waals surface area contributed by atoms with Crippen molar-refractivity contribution in [2.45, 2.75) is 32.2 Å². The zero-order valence-electron chi connectivity index (χ0n) is 15.2. The second kappa shape index (κ2) is 7.97. The van der Waals surface area contributed by atoms with E-state index in [2.05, 4.69) is 34.4 Å². The number of likely N-dealkylation sites (N-methyl/N-ethyl adjacent to an activating group) is 1.